The van der Waals surface area contributed by atoms with Gasteiger partial charge in [0.05, 0.1) is 10.6 Å². The molecule has 3 aromatic rings. The van der Waals surface area contributed by atoms with Crippen LogP contribution >= 0.6 is 0 Å². The van der Waals surface area contributed by atoms with E-state index in [0.29, 0.717) is 17.8 Å². The molecule has 0 aromatic heterocycles. The van der Waals surface area contributed by atoms with E-state index < -0.39 is 10.0 Å². The molecule has 1 N–H and O–H groups in total. The van der Waals surface area contributed by atoms with E-state index >= 15 is 0 Å². The molecule has 29 heavy (non-hydrogen) atoms. The molecular weight excluding hydrogens is 384 g/mol. The molecule has 0 saturated carbocycles. The average Bonchev–Trinajstić information content (AvgIpc) is 2.75. The third kappa shape index (κ3) is 3.89. The molecule has 0 spiro atoms. The lowest BCUT2D eigenvalue weighted by Gasteiger charge is -2.30. The number of hydrogen-bond acceptors (Lipinski definition) is 3. The first-order valence-electron chi connectivity index (χ1n) is 9.54. The maximum atomic E-state index is 13.2. The lowest BCUT2D eigenvalue weighted by atomic mass is 10.0. The Hall–Kier alpha value is -3.12. The van der Waals surface area contributed by atoms with Gasteiger partial charge in [-0.05, 0) is 67.8 Å². The van der Waals surface area contributed by atoms with E-state index in [1.165, 1.54) is 16.4 Å². The highest BCUT2D eigenvalue weighted by Crippen LogP contribution is 2.31. The minimum atomic E-state index is -3.68. The smallest absolute Gasteiger partial charge is 0.264 e. The number of aryl methyl sites for hydroxylation is 2. The van der Waals surface area contributed by atoms with Crippen molar-refractivity contribution in [3.05, 3.63) is 89.5 Å². The van der Waals surface area contributed by atoms with E-state index in [1.807, 2.05) is 55.5 Å². The zero-order valence-electron chi connectivity index (χ0n) is 16.1. The van der Waals surface area contributed by atoms with Crippen LogP contribution in [0.25, 0.3) is 0 Å². The molecule has 0 radical (unpaired) electrons. The second-order valence-corrected chi connectivity index (χ2v) is 9.02. The van der Waals surface area contributed by atoms with Gasteiger partial charge < -0.3 is 5.32 Å². The molecule has 1 aliphatic rings. The van der Waals surface area contributed by atoms with Crippen LogP contribution in [-0.2, 0) is 16.4 Å². The van der Waals surface area contributed by atoms with Gasteiger partial charge in [0.25, 0.3) is 15.9 Å². The molecule has 4 rings (SSSR count). The number of rotatable bonds is 4. The minimum Gasteiger partial charge on any atom is -0.322 e. The minimum absolute atomic E-state index is 0.182. The largest absolute Gasteiger partial charge is 0.322 e. The lowest BCUT2D eigenvalue weighted by Crippen LogP contribution is -2.35. The quantitative estimate of drug-likeness (QED) is 0.699. The van der Waals surface area contributed by atoms with Crippen LogP contribution in [0.2, 0.25) is 0 Å². The van der Waals surface area contributed by atoms with Crippen LogP contribution < -0.4 is 9.62 Å². The summed E-state index contributed by atoms with van der Waals surface area (Å²) < 4.78 is 27.8. The van der Waals surface area contributed by atoms with Crippen LogP contribution in [-0.4, -0.2) is 20.9 Å². The first-order chi connectivity index (χ1) is 13.9. The van der Waals surface area contributed by atoms with E-state index in [0.717, 1.165) is 29.7 Å². The monoisotopic (exact) mass is 406 g/mol. The predicted molar refractivity (Wildman–Crippen MR) is 115 cm³/mol. The molecule has 3 aromatic carbocycles. The summed E-state index contributed by atoms with van der Waals surface area (Å²) >= 11 is 0. The number of fused-ring (bicyclic) bond motifs is 1. The van der Waals surface area contributed by atoms with Gasteiger partial charge in [0.1, 0.15) is 0 Å². The second-order valence-electron chi connectivity index (χ2n) is 7.15. The fourth-order valence-electron chi connectivity index (χ4n) is 3.49. The molecule has 0 fully saturated rings. The number of amides is 1. The Morgan fingerprint density at radius 2 is 1.62 bits per heavy atom. The van der Waals surface area contributed by atoms with Gasteiger partial charge in [0, 0.05) is 17.8 Å². The molecule has 0 bridgehead atoms. The van der Waals surface area contributed by atoms with Crippen molar-refractivity contribution in [3.63, 3.8) is 0 Å². The summed E-state index contributed by atoms with van der Waals surface area (Å²) in [4.78, 5) is 12.6. The molecule has 0 aliphatic carbocycles. The van der Waals surface area contributed by atoms with Crippen LogP contribution in [0.1, 0.15) is 27.9 Å². The predicted octanol–water partition coefficient (Wildman–Crippen LogP) is 4.39. The van der Waals surface area contributed by atoms with E-state index in [4.69, 9.17) is 0 Å². The van der Waals surface area contributed by atoms with Crippen molar-refractivity contribution < 1.29 is 13.2 Å². The van der Waals surface area contributed by atoms with E-state index in [2.05, 4.69) is 5.32 Å². The van der Waals surface area contributed by atoms with Crippen molar-refractivity contribution in [1.82, 2.24) is 0 Å². The zero-order chi connectivity index (χ0) is 20.4. The van der Waals surface area contributed by atoms with Gasteiger partial charge in [0.2, 0.25) is 0 Å². The van der Waals surface area contributed by atoms with Crippen LogP contribution in [0.5, 0.6) is 0 Å². The van der Waals surface area contributed by atoms with E-state index in [-0.39, 0.29) is 10.8 Å². The topological polar surface area (TPSA) is 66.5 Å². The van der Waals surface area contributed by atoms with E-state index in [9.17, 15) is 13.2 Å². The first kappa shape index (κ1) is 19.2. The summed E-state index contributed by atoms with van der Waals surface area (Å²) in [5, 5.41) is 2.82. The van der Waals surface area contributed by atoms with Gasteiger partial charge in [-0.2, -0.15) is 0 Å². The number of anilines is 2. The van der Waals surface area contributed by atoms with Crippen LogP contribution in [0.4, 0.5) is 11.4 Å². The van der Waals surface area contributed by atoms with Gasteiger partial charge in [-0.3, -0.25) is 9.10 Å². The maximum absolute atomic E-state index is 13.2. The van der Waals surface area contributed by atoms with Gasteiger partial charge in [-0.1, -0.05) is 35.9 Å². The SMILES string of the molecule is Cc1ccc(NC(=O)c2ccc(S(=O)(=O)N3CCCc4ccccc43)cc2)cc1. The molecule has 0 saturated heterocycles. The van der Waals surface area contributed by atoms with Gasteiger partial charge in [-0.25, -0.2) is 8.42 Å². The Bertz CT molecular complexity index is 1140. The summed E-state index contributed by atoms with van der Waals surface area (Å²) in [7, 11) is -3.68. The number of hydrogen-bond donors (Lipinski definition) is 1. The van der Waals surface area contributed by atoms with Gasteiger partial charge >= 0.3 is 0 Å². The molecule has 0 unspecified atom stereocenters. The fourth-order valence-corrected chi connectivity index (χ4v) is 5.04. The number of benzene rings is 3. The third-order valence-electron chi connectivity index (χ3n) is 5.08. The molecule has 1 amide bonds. The second kappa shape index (κ2) is 7.72. The number of nitrogens with one attached hydrogen (secondary N) is 1. The highest BCUT2D eigenvalue weighted by atomic mass is 32.2. The van der Waals surface area contributed by atoms with E-state index in [1.54, 1.807) is 12.1 Å². The number of carbonyl (C=O) groups is 1. The summed E-state index contributed by atoms with van der Waals surface area (Å²) in [5.41, 5.74) is 3.99. The molecule has 6 heteroatoms. The van der Waals surface area contributed by atoms with Crippen molar-refractivity contribution in [1.29, 1.82) is 0 Å². The Kier molecular flexibility index (Phi) is 5.11. The molecule has 1 heterocycles. The number of nitrogens with zero attached hydrogens (tertiary/aromatic N) is 1. The number of carbonyl (C=O) groups excluding carboxylic acids is 1. The standard InChI is InChI=1S/C23H22N2O3S/c1-17-8-12-20(13-9-17)24-23(26)19-10-14-21(15-11-19)29(27,28)25-16-4-6-18-5-2-3-7-22(18)25/h2-3,5,7-15H,4,6,16H2,1H3,(H,24,26). The fraction of sp³-hybridized carbons (Fsp3) is 0.174. The van der Waals surface area contributed by atoms with Crippen LogP contribution in [0.15, 0.2) is 77.7 Å². The van der Waals surface area contributed by atoms with Crippen molar-refractivity contribution in [3.8, 4) is 0 Å². The molecular formula is C23H22N2O3S. The number of para-hydroxylation sites is 1. The molecule has 1 aliphatic heterocycles. The van der Waals surface area contributed by atoms with Crippen molar-refractivity contribution in [2.24, 2.45) is 0 Å². The van der Waals surface area contributed by atoms with Gasteiger partial charge in [0.15, 0.2) is 0 Å². The Labute approximate surface area is 171 Å². The maximum Gasteiger partial charge on any atom is 0.264 e. The van der Waals surface area contributed by atoms with Gasteiger partial charge in [-0.15, -0.1) is 0 Å². The molecule has 0 atom stereocenters. The Balaban J connectivity index is 1.56. The lowest BCUT2D eigenvalue weighted by molar-refractivity contribution is 0.102. The molecule has 148 valence electrons. The highest BCUT2D eigenvalue weighted by Gasteiger charge is 2.28. The Morgan fingerprint density at radius 1 is 0.931 bits per heavy atom. The summed E-state index contributed by atoms with van der Waals surface area (Å²) in [5.74, 6) is -0.277. The van der Waals surface area contributed by atoms with Crippen molar-refractivity contribution >= 4 is 27.3 Å². The average molecular weight is 407 g/mol. The van der Waals surface area contributed by atoms with Crippen molar-refractivity contribution in [2.45, 2.75) is 24.7 Å². The van der Waals surface area contributed by atoms with Crippen molar-refractivity contribution in [2.75, 3.05) is 16.2 Å². The highest BCUT2D eigenvalue weighted by molar-refractivity contribution is 7.92. The zero-order valence-corrected chi connectivity index (χ0v) is 16.9. The summed E-state index contributed by atoms with van der Waals surface area (Å²) in [6.07, 6.45) is 1.66. The summed E-state index contributed by atoms with van der Waals surface area (Å²) in [6, 6.07) is 21.2. The Morgan fingerprint density at radius 3 is 2.34 bits per heavy atom. The van der Waals surface area contributed by atoms with Crippen LogP contribution in [0.3, 0.4) is 0 Å². The summed E-state index contributed by atoms with van der Waals surface area (Å²) in [6.45, 7) is 2.43. The first-order valence-corrected chi connectivity index (χ1v) is 11.0. The third-order valence-corrected chi connectivity index (χ3v) is 6.91. The van der Waals surface area contributed by atoms with Crippen LogP contribution in [0, 0.1) is 6.92 Å². The number of sulfonamides is 1. The normalized spacial score (nSPS) is 13.6. The molecule has 5 nitrogen and oxygen atoms in total.